The fraction of sp³-hybridized carbons (Fsp3) is 1.00. The Hall–Kier alpha value is -0.0400. The van der Waals surface area contributed by atoms with E-state index in [0.717, 1.165) is 6.04 Å². The number of hydrogen-bond donors (Lipinski definition) is 0. The molecule has 1 atom stereocenters. The molecule has 0 bridgehead atoms. The highest BCUT2D eigenvalue weighted by molar-refractivity contribution is 4.66. The van der Waals surface area contributed by atoms with E-state index < -0.39 is 0 Å². The van der Waals surface area contributed by atoms with Crippen molar-refractivity contribution in [3.8, 4) is 0 Å². The summed E-state index contributed by atoms with van der Waals surface area (Å²) in [5.74, 6) is 0. The SMILES string of the molecule is CCCCCCCCCCC(CCCCCC)N(C)C. The van der Waals surface area contributed by atoms with Gasteiger partial charge in [-0.25, -0.2) is 0 Å². The molecule has 0 spiro atoms. The van der Waals surface area contributed by atoms with Crippen molar-refractivity contribution in [1.82, 2.24) is 4.90 Å². The lowest BCUT2D eigenvalue weighted by Gasteiger charge is -2.24. The molecule has 122 valence electrons. The van der Waals surface area contributed by atoms with Crippen molar-refractivity contribution in [2.45, 2.75) is 110 Å². The highest BCUT2D eigenvalue weighted by Crippen LogP contribution is 2.16. The topological polar surface area (TPSA) is 3.24 Å². The molecule has 1 unspecified atom stereocenters. The average molecular weight is 284 g/mol. The molecule has 20 heavy (non-hydrogen) atoms. The third-order valence-corrected chi connectivity index (χ3v) is 4.51. The minimum atomic E-state index is 0.826. The molecule has 0 fully saturated rings. The summed E-state index contributed by atoms with van der Waals surface area (Å²) < 4.78 is 0. The van der Waals surface area contributed by atoms with Gasteiger partial charge >= 0.3 is 0 Å². The zero-order valence-electron chi connectivity index (χ0n) is 14.9. The van der Waals surface area contributed by atoms with E-state index in [1.165, 1.54) is 89.9 Å². The Morgan fingerprint density at radius 3 is 1.30 bits per heavy atom. The van der Waals surface area contributed by atoms with Gasteiger partial charge in [0, 0.05) is 6.04 Å². The van der Waals surface area contributed by atoms with Crippen LogP contribution in [0.1, 0.15) is 104 Å². The maximum Gasteiger partial charge on any atom is 0.00891 e. The maximum atomic E-state index is 2.45. The van der Waals surface area contributed by atoms with Gasteiger partial charge in [-0.15, -0.1) is 0 Å². The zero-order valence-corrected chi connectivity index (χ0v) is 14.9. The van der Waals surface area contributed by atoms with Gasteiger partial charge in [-0.3, -0.25) is 0 Å². The Labute approximate surface area is 129 Å². The molecule has 0 aromatic rings. The highest BCUT2D eigenvalue weighted by atomic mass is 15.1. The van der Waals surface area contributed by atoms with Crippen molar-refractivity contribution < 1.29 is 0 Å². The largest absolute Gasteiger partial charge is 0.306 e. The quantitative estimate of drug-likeness (QED) is 0.313. The fourth-order valence-electron chi connectivity index (χ4n) is 2.98. The average Bonchev–Trinajstić information content (AvgIpc) is 2.43. The summed E-state index contributed by atoms with van der Waals surface area (Å²) in [4.78, 5) is 2.45. The summed E-state index contributed by atoms with van der Waals surface area (Å²) in [5.41, 5.74) is 0. The lowest BCUT2D eigenvalue weighted by atomic mass is 9.99. The molecule has 0 rings (SSSR count). The van der Waals surface area contributed by atoms with Crippen LogP contribution in [0.2, 0.25) is 0 Å². The van der Waals surface area contributed by atoms with E-state index >= 15 is 0 Å². The highest BCUT2D eigenvalue weighted by Gasteiger charge is 2.10. The molecule has 0 aliphatic heterocycles. The van der Waals surface area contributed by atoms with Crippen LogP contribution in [0.15, 0.2) is 0 Å². The molecule has 0 radical (unpaired) electrons. The molecule has 0 N–H and O–H groups in total. The maximum absolute atomic E-state index is 2.45. The van der Waals surface area contributed by atoms with Gasteiger partial charge in [0.25, 0.3) is 0 Å². The van der Waals surface area contributed by atoms with Crippen LogP contribution < -0.4 is 0 Å². The summed E-state index contributed by atoms with van der Waals surface area (Å²) in [6.45, 7) is 4.59. The molecular weight excluding hydrogens is 242 g/mol. The summed E-state index contributed by atoms with van der Waals surface area (Å²) in [7, 11) is 4.52. The van der Waals surface area contributed by atoms with E-state index in [1.54, 1.807) is 0 Å². The molecular formula is C19H41N. The molecule has 0 aromatic heterocycles. The van der Waals surface area contributed by atoms with E-state index in [0.29, 0.717) is 0 Å². The molecule has 0 saturated heterocycles. The van der Waals surface area contributed by atoms with Gasteiger partial charge in [0.05, 0.1) is 0 Å². The lowest BCUT2D eigenvalue weighted by molar-refractivity contribution is 0.251. The Morgan fingerprint density at radius 2 is 0.900 bits per heavy atom. The molecule has 1 heteroatoms. The van der Waals surface area contributed by atoms with Crippen LogP contribution in [0.3, 0.4) is 0 Å². The summed E-state index contributed by atoms with van der Waals surface area (Å²) in [6.07, 6.45) is 19.9. The van der Waals surface area contributed by atoms with Crippen LogP contribution in [-0.2, 0) is 0 Å². The standard InChI is InChI=1S/C19H41N/c1-5-7-9-11-12-13-14-16-18-19(20(3)4)17-15-10-8-6-2/h19H,5-18H2,1-4H3. The van der Waals surface area contributed by atoms with Gasteiger partial charge in [-0.05, 0) is 26.9 Å². The zero-order chi connectivity index (χ0) is 15.1. The number of nitrogens with zero attached hydrogens (tertiary/aromatic N) is 1. The lowest BCUT2D eigenvalue weighted by Crippen LogP contribution is -2.27. The van der Waals surface area contributed by atoms with Gasteiger partial charge in [-0.2, -0.15) is 0 Å². The number of rotatable bonds is 15. The summed E-state index contributed by atoms with van der Waals surface area (Å²) in [5, 5.41) is 0. The molecule has 0 aliphatic carbocycles. The van der Waals surface area contributed by atoms with E-state index in [9.17, 15) is 0 Å². The van der Waals surface area contributed by atoms with Crippen LogP contribution in [0.4, 0.5) is 0 Å². The monoisotopic (exact) mass is 283 g/mol. The van der Waals surface area contributed by atoms with E-state index in [4.69, 9.17) is 0 Å². The van der Waals surface area contributed by atoms with Gasteiger partial charge in [0.15, 0.2) is 0 Å². The first-order valence-corrected chi connectivity index (χ1v) is 9.38. The minimum absolute atomic E-state index is 0.826. The van der Waals surface area contributed by atoms with Gasteiger partial charge in [0.1, 0.15) is 0 Å². The third-order valence-electron chi connectivity index (χ3n) is 4.51. The molecule has 0 saturated carbocycles. The predicted molar refractivity (Wildman–Crippen MR) is 93.5 cm³/mol. The number of hydrogen-bond acceptors (Lipinski definition) is 1. The van der Waals surface area contributed by atoms with Crippen LogP contribution >= 0.6 is 0 Å². The van der Waals surface area contributed by atoms with Crippen molar-refractivity contribution >= 4 is 0 Å². The van der Waals surface area contributed by atoms with Crippen LogP contribution in [0.25, 0.3) is 0 Å². The number of unbranched alkanes of at least 4 members (excludes halogenated alkanes) is 10. The van der Waals surface area contributed by atoms with E-state index in [-0.39, 0.29) is 0 Å². The van der Waals surface area contributed by atoms with Crippen molar-refractivity contribution in [3.05, 3.63) is 0 Å². The molecule has 1 nitrogen and oxygen atoms in total. The summed E-state index contributed by atoms with van der Waals surface area (Å²) in [6, 6.07) is 0.826. The first kappa shape index (κ1) is 20.0. The molecule has 0 amide bonds. The first-order chi connectivity index (χ1) is 9.72. The van der Waals surface area contributed by atoms with Crippen molar-refractivity contribution in [3.63, 3.8) is 0 Å². The molecule has 0 aromatic carbocycles. The van der Waals surface area contributed by atoms with Crippen LogP contribution in [0, 0.1) is 0 Å². The second-order valence-electron chi connectivity index (χ2n) is 6.73. The normalized spacial score (nSPS) is 13.1. The van der Waals surface area contributed by atoms with Crippen LogP contribution in [0.5, 0.6) is 0 Å². The summed E-state index contributed by atoms with van der Waals surface area (Å²) >= 11 is 0. The minimum Gasteiger partial charge on any atom is -0.306 e. The van der Waals surface area contributed by atoms with Crippen molar-refractivity contribution in [2.75, 3.05) is 14.1 Å². The Balaban J connectivity index is 3.46. The Morgan fingerprint density at radius 1 is 0.550 bits per heavy atom. The van der Waals surface area contributed by atoms with E-state index in [2.05, 4.69) is 32.8 Å². The Bertz CT molecular complexity index is 177. The van der Waals surface area contributed by atoms with Gasteiger partial charge < -0.3 is 4.90 Å². The fourth-order valence-corrected chi connectivity index (χ4v) is 2.98. The predicted octanol–water partition coefficient (Wildman–Crippen LogP) is 6.42. The first-order valence-electron chi connectivity index (χ1n) is 9.38. The third kappa shape index (κ3) is 13.0. The molecule has 0 aliphatic rings. The van der Waals surface area contributed by atoms with E-state index in [1.807, 2.05) is 0 Å². The Kier molecular flexibility index (Phi) is 15.3. The van der Waals surface area contributed by atoms with Gasteiger partial charge in [-0.1, -0.05) is 90.9 Å². The molecule has 0 heterocycles. The van der Waals surface area contributed by atoms with Crippen molar-refractivity contribution in [2.24, 2.45) is 0 Å². The van der Waals surface area contributed by atoms with Crippen LogP contribution in [-0.4, -0.2) is 25.0 Å². The smallest absolute Gasteiger partial charge is 0.00891 e. The van der Waals surface area contributed by atoms with Crippen molar-refractivity contribution in [1.29, 1.82) is 0 Å². The second-order valence-corrected chi connectivity index (χ2v) is 6.73. The second kappa shape index (κ2) is 15.4. The van der Waals surface area contributed by atoms with Gasteiger partial charge in [0.2, 0.25) is 0 Å².